The molecular weight excluding hydrogens is 206 g/mol. The van der Waals surface area contributed by atoms with Crippen molar-refractivity contribution < 1.29 is 14.2 Å². The van der Waals surface area contributed by atoms with Gasteiger partial charge in [0, 0.05) is 6.04 Å². The first-order chi connectivity index (χ1) is 7.24. The van der Waals surface area contributed by atoms with E-state index in [0.717, 1.165) is 12.8 Å². The van der Waals surface area contributed by atoms with Gasteiger partial charge in [0.1, 0.15) is 12.2 Å². The van der Waals surface area contributed by atoms with E-state index < -0.39 is 5.79 Å². The van der Waals surface area contributed by atoms with Crippen LogP contribution in [-0.4, -0.2) is 35.2 Å². The van der Waals surface area contributed by atoms with Crippen molar-refractivity contribution >= 4 is 0 Å². The minimum atomic E-state index is -0.497. The van der Waals surface area contributed by atoms with Gasteiger partial charge in [-0.3, -0.25) is 0 Å². The van der Waals surface area contributed by atoms with Crippen molar-refractivity contribution in [1.29, 1.82) is 0 Å². The summed E-state index contributed by atoms with van der Waals surface area (Å²) in [7, 11) is 0. The molecule has 3 aliphatic heterocycles. The van der Waals surface area contributed by atoms with E-state index in [2.05, 4.69) is 13.8 Å². The van der Waals surface area contributed by atoms with Gasteiger partial charge in [-0.05, 0) is 40.5 Å². The van der Waals surface area contributed by atoms with E-state index in [9.17, 15) is 0 Å². The van der Waals surface area contributed by atoms with Crippen LogP contribution < -0.4 is 5.73 Å². The number of hydrogen-bond acceptors (Lipinski definition) is 4. The highest BCUT2D eigenvalue weighted by Crippen LogP contribution is 2.54. The Morgan fingerprint density at radius 1 is 0.938 bits per heavy atom. The minimum Gasteiger partial charge on any atom is -0.363 e. The maximum absolute atomic E-state index is 6.17. The Hall–Kier alpha value is -0.160. The van der Waals surface area contributed by atoms with Crippen LogP contribution in [0.2, 0.25) is 0 Å². The van der Waals surface area contributed by atoms with Gasteiger partial charge in [-0.15, -0.1) is 0 Å². The zero-order valence-corrected chi connectivity index (χ0v) is 10.4. The number of rotatable bonds is 0. The highest BCUT2D eigenvalue weighted by atomic mass is 16.8. The number of hydrogen-bond donors (Lipinski definition) is 1. The Kier molecular flexibility index (Phi) is 1.92. The van der Waals surface area contributed by atoms with Crippen molar-refractivity contribution in [2.75, 3.05) is 0 Å². The van der Waals surface area contributed by atoms with E-state index in [1.165, 1.54) is 0 Å². The van der Waals surface area contributed by atoms with Crippen LogP contribution in [-0.2, 0) is 14.2 Å². The molecule has 3 saturated heterocycles. The van der Waals surface area contributed by atoms with E-state index in [0.29, 0.717) is 0 Å². The lowest BCUT2D eigenvalue weighted by Gasteiger charge is -2.42. The first kappa shape index (κ1) is 11.0. The molecule has 92 valence electrons. The Bertz CT molecular complexity index is 304. The molecule has 4 nitrogen and oxygen atoms in total. The van der Waals surface area contributed by atoms with Crippen LogP contribution in [0.4, 0.5) is 0 Å². The van der Waals surface area contributed by atoms with Crippen molar-refractivity contribution in [3.63, 3.8) is 0 Å². The molecule has 2 bridgehead atoms. The highest BCUT2D eigenvalue weighted by Gasteiger charge is 2.68. The average molecular weight is 227 g/mol. The monoisotopic (exact) mass is 227 g/mol. The molecule has 4 atom stereocenters. The number of fused-ring (bicyclic) bond motifs is 5. The maximum Gasteiger partial charge on any atom is 0.164 e. The first-order valence-corrected chi connectivity index (χ1v) is 6.06. The molecule has 0 aromatic rings. The molecule has 0 aromatic heterocycles. The summed E-state index contributed by atoms with van der Waals surface area (Å²) in [4.78, 5) is 0. The van der Waals surface area contributed by atoms with Gasteiger partial charge in [0.25, 0.3) is 0 Å². The zero-order valence-electron chi connectivity index (χ0n) is 10.4. The molecule has 3 heterocycles. The summed E-state index contributed by atoms with van der Waals surface area (Å²) in [5, 5.41) is 0. The van der Waals surface area contributed by atoms with Crippen LogP contribution in [0.25, 0.3) is 0 Å². The van der Waals surface area contributed by atoms with Gasteiger partial charge in [-0.1, -0.05) is 0 Å². The van der Waals surface area contributed by atoms with E-state index in [4.69, 9.17) is 19.9 Å². The van der Waals surface area contributed by atoms with Gasteiger partial charge in [-0.25, -0.2) is 0 Å². The van der Waals surface area contributed by atoms with Gasteiger partial charge < -0.3 is 19.9 Å². The molecule has 3 rings (SSSR count). The molecule has 0 radical (unpaired) electrons. The molecule has 0 aliphatic carbocycles. The third-order valence-corrected chi connectivity index (χ3v) is 4.10. The first-order valence-electron chi connectivity index (χ1n) is 6.06. The summed E-state index contributed by atoms with van der Waals surface area (Å²) in [5.41, 5.74) is 5.53. The fourth-order valence-corrected chi connectivity index (χ4v) is 3.73. The quantitative estimate of drug-likeness (QED) is 0.675. The second kappa shape index (κ2) is 2.80. The van der Waals surface area contributed by atoms with Crippen molar-refractivity contribution in [3.05, 3.63) is 0 Å². The molecular formula is C12H21NO3. The van der Waals surface area contributed by atoms with Crippen molar-refractivity contribution in [2.45, 2.75) is 75.8 Å². The maximum atomic E-state index is 6.17. The molecule has 3 fully saturated rings. The zero-order chi connectivity index (χ0) is 11.8. The molecule has 16 heavy (non-hydrogen) atoms. The van der Waals surface area contributed by atoms with Crippen LogP contribution in [0.3, 0.4) is 0 Å². The van der Waals surface area contributed by atoms with Gasteiger partial charge >= 0.3 is 0 Å². The summed E-state index contributed by atoms with van der Waals surface area (Å²) in [5.74, 6) is -0.497. The van der Waals surface area contributed by atoms with Crippen LogP contribution in [0.5, 0.6) is 0 Å². The van der Waals surface area contributed by atoms with Crippen LogP contribution in [0.1, 0.15) is 40.5 Å². The van der Waals surface area contributed by atoms with Crippen molar-refractivity contribution in [3.8, 4) is 0 Å². The lowest BCUT2D eigenvalue weighted by molar-refractivity contribution is -0.241. The van der Waals surface area contributed by atoms with Gasteiger partial charge in [-0.2, -0.15) is 0 Å². The smallest absolute Gasteiger partial charge is 0.164 e. The normalized spacial score (nSPS) is 58.7. The van der Waals surface area contributed by atoms with Crippen LogP contribution >= 0.6 is 0 Å². The average Bonchev–Trinajstić information content (AvgIpc) is 2.45. The third kappa shape index (κ3) is 1.30. The topological polar surface area (TPSA) is 53.7 Å². The third-order valence-electron chi connectivity index (χ3n) is 4.10. The highest BCUT2D eigenvalue weighted by molar-refractivity contribution is 5.15. The molecule has 0 saturated carbocycles. The second-order valence-corrected chi connectivity index (χ2v) is 6.37. The van der Waals surface area contributed by atoms with Crippen molar-refractivity contribution in [1.82, 2.24) is 0 Å². The summed E-state index contributed by atoms with van der Waals surface area (Å²) < 4.78 is 18.2. The molecule has 3 aliphatic rings. The number of nitrogens with two attached hydrogens (primary N) is 1. The Labute approximate surface area is 96.4 Å². The Balaban J connectivity index is 1.99. The molecule has 0 amide bonds. The predicted octanol–water partition coefficient (Wildman–Crippen LogP) is 1.18. The Morgan fingerprint density at radius 2 is 1.38 bits per heavy atom. The van der Waals surface area contributed by atoms with Gasteiger partial charge in [0.15, 0.2) is 5.79 Å². The molecule has 4 heteroatoms. The van der Waals surface area contributed by atoms with E-state index >= 15 is 0 Å². The van der Waals surface area contributed by atoms with E-state index in [-0.39, 0.29) is 29.5 Å². The second-order valence-electron chi connectivity index (χ2n) is 6.37. The summed E-state index contributed by atoms with van der Waals surface area (Å²) in [6.07, 6.45) is 1.73. The fourth-order valence-electron chi connectivity index (χ4n) is 3.73. The number of ether oxygens (including phenoxy) is 3. The van der Waals surface area contributed by atoms with Crippen LogP contribution in [0.15, 0.2) is 0 Å². The summed E-state index contributed by atoms with van der Waals surface area (Å²) in [6, 6.07) is 0.185. The molecule has 0 aromatic carbocycles. The summed E-state index contributed by atoms with van der Waals surface area (Å²) in [6.45, 7) is 8.13. The van der Waals surface area contributed by atoms with E-state index in [1.54, 1.807) is 0 Å². The van der Waals surface area contributed by atoms with E-state index in [1.807, 2.05) is 13.8 Å². The molecule has 0 spiro atoms. The lowest BCUT2D eigenvalue weighted by Crippen LogP contribution is -2.51. The summed E-state index contributed by atoms with van der Waals surface area (Å²) >= 11 is 0. The largest absolute Gasteiger partial charge is 0.363 e. The Morgan fingerprint density at radius 3 is 1.81 bits per heavy atom. The van der Waals surface area contributed by atoms with Crippen molar-refractivity contribution in [2.24, 2.45) is 5.73 Å². The molecule has 2 N–H and O–H groups in total. The molecule has 4 unspecified atom stereocenters. The van der Waals surface area contributed by atoms with Gasteiger partial charge in [0.05, 0.1) is 11.2 Å². The fraction of sp³-hybridized carbons (Fsp3) is 1.00. The van der Waals surface area contributed by atoms with Crippen LogP contribution in [0, 0.1) is 0 Å². The SMILES string of the molecule is CC1(C)OC2C(O1)C1(C)CC(N)CC2(C)O1. The predicted molar refractivity (Wildman–Crippen MR) is 58.9 cm³/mol. The standard InChI is InChI=1S/C12H21NO3/c1-10(2)14-8-9(15-10)12(4)6-7(13)5-11(8,3)16-12/h7-9H,5-6,13H2,1-4H3. The van der Waals surface area contributed by atoms with Gasteiger partial charge in [0.2, 0.25) is 0 Å². The minimum absolute atomic E-state index is 0.0149. The lowest BCUT2D eigenvalue weighted by atomic mass is 9.90.